The van der Waals surface area contributed by atoms with Gasteiger partial charge in [-0.1, -0.05) is 47.5 Å². The third-order valence-corrected chi connectivity index (χ3v) is 16.3. The highest BCUT2D eigenvalue weighted by Crippen LogP contribution is 2.39. The number of hydrogen-bond acceptors (Lipinski definition) is 12. The normalized spacial score (nSPS) is 11.1. The molecule has 2 N–H and O–H groups in total. The van der Waals surface area contributed by atoms with E-state index in [4.69, 9.17) is 42.7 Å². The Morgan fingerprint density at radius 2 is 0.811 bits per heavy atom. The van der Waals surface area contributed by atoms with E-state index in [1.54, 1.807) is 0 Å². The molecule has 0 spiro atoms. The summed E-state index contributed by atoms with van der Waals surface area (Å²) in [5, 5.41) is 17.7. The second-order valence-corrected chi connectivity index (χ2v) is 22.5. The van der Waals surface area contributed by atoms with E-state index in [0.717, 1.165) is 47.0 Å². The molecule has 0 fully saturated rings. The molecule has 0 aliphatic rings. The lowest BCUT2D eigenvalue weighted by Crippen LogP contribution is -2.29. The molecule has 2 unspecified atom stereocenters. The van der Waals surface area contributed by atoms with Crippen molar-refractivity contribution in [3.8, 4) is 45.5 Å². The van der Waals surface area contributed by atoms with Crippen molar-refractivity contribution < 1.29 is 97.4 Å². The van der Waals surface area contributed by atoms with Gasteiger partial charge in [0.1, 0.15) is 32.9 Å². The Morgan fingerprint density at radius 1 is 0.456 bits per heavy atom. The fourth-order valence-electron chi connectivity index (χ4n) is 8.11. The standard InChI is InChI=1S/C28H14ClF6NO5S.C22H10BrClF5NO5S.C6H6BFO2.2H3P/c1-40-21-11-17(13-2-5-15(30)6-3-13)18(29)12-20(21)36-19-8-7-16(10-14(19)4-9-22(36)37)42(38,39)41-28-26(34)24(32)23(31)25(33)27(28)35;1-34-15-7-11(23)12(24)8-14(15)30-13-4-3-10(6-9(13)2-5-16(30)31)36(32,33)35-22-20(28)18(26)17(25)19(27)21(22)29;8-6-3-1-5(2-4-6)7(9)10;;/h2-12H,1H3;2-8H,1H3;1-4,9-10H;2*1H3. The molecule has 10 aromatic rings. The second kappa shape index (κ2) is 28.7. The molecule has 2 aromatic heterocycles. The summed E-state index contributed by atoms with van der Waals surface area (Å²) < 4.78 is 235. The third-order valence-electron chi connectivity index (χ3n) is 12.3. The average molecular weight is 1440 g/mol. The highest BCUT2D eigenvalue weighted by molar-refractivity contribution is 9.10. The lowest BCUT2D eigenvalue weighted by Gasteiger charge is -2.17. The summed E-state index contributed by atoms with van der Waals surface area (Å²) in [4.78, 5) is 24.3. The summed E-state index contributed by atoms with van der Waals surface area (Å²) in [7, 11) is -9.05. The summed E-state index contributed by atoms with van der Waals surface area (Å²) in [6, 6.07) is 27.2. The van der Waals surface area contributed by atoms with E-state index in [-0.39, 0.29) is 80.3 Å². The Labute approximate surface area is 525 Å². The molecule has 0 radical (unpaired) electrons. The molecule has 0 bridgehead atoms. The number of aromatic nitrogens is 2. The highest BCUT2D eigenvalue weighted by atomic mass is 79.9. The van der Waals surface area contributed by atoms with Crippen LogP contribution < -0.4 is 34.4 Å². The monoisotopic (exact) mass is 1440 g/mol. The van der Waals surface area contributed by atoms with Crippen LogP contribution in [-0.2, 0) is 20.2 Å². The van der Waals surface area contributed by atoms with Crippen LogP contribution in [0.5, 0.6) is 23.0 Å². The molecular weight excluding hydrogens is 1410 g/mol. The molecular formula is C56H36BBrCl2F12N2O12P2S2. The van der Waals surface area contributed by atoms with Crippen LogP contribution in [0.25, 0.3) is 44.3 Å². The van der Waals surface area contributed by atoms with Gasteiger partial charge in [-0.15, -0.1) is 0 Å². The summed E-state index contributed by atoms with van der Waals surface area (Å²) in [6.07, 6.45) is 0. The Bertz CT molecular complexity index is 4760. The van der Waals surface area contributed by atoms with Gasteiger partial charge in [-0.3, -0.25) is 18.7 Å². The molecule has 34 heteroatoms. The van der Waals surface area contributed by atoms with Crippen molar-refractivity contribution in [2.24, 2.45) is 0 Å². The zero-order chi connectivity index (χ0) is 64.6. The van der Waals surface area contributed by atoms with Gasteiger partial charge in [0.15, 0.2) is 0 Å². The Kier molecular flexibility index (Phi) is 22.7. The van der Waals surface area contributed by atoms with Gasteiger partial charge in [-0.2, -0.15) is 54.2 Å². The van der Waals surface area contributed by atoms with Crippen LogP contribution in [0.4, 0.5) is 52.7 Å². The largest absolute Gasteiger partial charge is 0.495 e. The topological polar surface area (TPSA) is 190 Å². The van der Waals surface area contributed by atoms with Crippen molar-refractivity contribution in [1.29, 1.82) is 0 Å². The zero-order valence-electron chi connectivity index (χ0n) is 45.1. The van der Waals surface area contributed by atoms with Crippen LogP contribution in [0.2, 0.25) is 10.0 Å². The van der Waals surface area contributed by atoms with Gasteiger partial charge in [0.2, 0.25) is 69.7 Å². The maximum atomic E-state index is 14.1. The lowest BCUT2D eigenvalue weighted by molar-refractivity contribution is 0.346. The van der Waals surface area contributed by atoms with Crippen LogP contribution in [0.3, 0.4) is 0 Å². The molecule has 2 heterocycles. The minimum Gasteiger partial charge on any atom is -0.495 e. The van der Waals surface area contributed by atoms with Crippen LogP contribution in [-0.4, -0.2) is 57.4 Å². The van der Waals surface area contributed by atoms with E-state index in [9.17, 15) is 79.1 Å². The third kappa shape index (κ3) is 14.6. The number of fused-ring (bicyclic) bond motifs is 2. The minimum absolute atomic E-state index is 0. The van der Waals surface area contributed by atoms with Crippen LogP contribution in [0.1, 0.15) is 0 Å². The smallest absolute Gasteiger partial charge is 0.488 e. The van der Waals surface area contributed by atoms with Gasteiger partial charge < -0.3 is 27.9 Å². The fraction of sp³-hybridized carbons (Fsp3) is 0.0357. The predicted molar refractivity (Wildman–Crippen MR) is 322 cm³/mol. The molecule has 0 aliphatic carbocycles. The summed E-state index contributed by atoms with van der Waals surface area (Å²) >= 11 is 15.9. The molecule has 472 valence electrons. The van der Waals surface area contributed by atoms with Gasteiger partial charge in [-0.05, 0) is 124 Å². The van der Waals surface area contributed by atoms with Crippen molar-refractivity contribution in [2.75, 3.05) is 14.2 Å². The molecule has 2 atom stereocenters. The number of hydrogen-bond donors (Lipinski definition) is 2. The Balaban J connectivity index is 0.000000245. The van der Waals surface area contributed by atoms with E-state index in [1.807, 2.05) is 0 Å². The molecule has 0 saturated carbocycles. The number of nitrogens with zero attached hydrogens (tertiary/aromatic N) is 2. The predicted octanol–water partition coefficient (Wildman–Crippen LogP) is 12.4. The van der Waals surface area contributed by atoms with Gasteiger partial charge in [0.05, 0.1) is 46.7 Å². The summed E-state index contributed by atoms with van der Waals surface area (Å²) in [5.74, 6) is -28.8. The average Bonchev–Trinajstić information content (AvgIpc) is 0.810. The molecule has 14 nitrogen and oxygen atoms in total. The molecule has 0 saturated heterocycles. The maximum absolute atomic E-state index is 14.1. The van der Waals surface area contributed by atoms with Gasteiger partial charge in [0.25, 0.3) is 11.1 Å². The first kappa shape index (κ1) is 71.4. The number of ether oxygens (including phenoxy) is 2. The molecule has 10 rings (SSSR count). The first-order chi connectivity index (χ1) is 41.4. The number of rotatable bonds is 12. The van der Waals surface area contributed by atoms with Crippen molar-refractivity contribution in [2.45, 2.75) is 9.79 Å². The minimum atomic E-state index is -5.14. The van der Waals surface area contributed by atoms with E-state index < -0.39 is 124 Å². The van der Waals surface area contributed by atoms with Gasteiger partial charge >= 0.3 is 27.4 Å². The maximum Gasteiger partial charge on any atom is 0.488 e. The number of methoxy groups -OCH3 is 2. The quantitative estimate of drug-likeness (QED) is 0.0294. The first-order valence-electron chi connectivity index (χ1n) is 23.9. The van der Waals surface area contributed by atoms with Gasteiger partial charge in [-0.25, -0.2) is 35.1 Å². The first-order valence-corrected chi connectivity index (χ1v) is 28.3. The molecule has 0 aliphatic heterocycles. The van der Waals surface area contributed by atoms with E-state index in [0.29, 0.717) is 21.1 Å². The summed E-state index contributed by atoms with van der Waals surface area (Å²) in [5.41, 5.74) is 0.862. The Morgan fingerprint density at radius 3 is 1.19 bits per heavy atom. The number of benzene rings is 8. The lowest BCUT2D eigenvalue weighted by atomic mass is 9.80. The van der Waals surface area contributed by atoms with Crippen molar-refractivity contribution >= 4 is 114 Å². The van der Waals surface area contributed by atoms with Crippen LogP contribution in [0.15, 0.2) is 157 Å². The number of pyridine rings is 2. The van der Waals surface area contributed by atoms with E-state index in [2.05, 4.69) is 24.3 Å². The van der Waals surface area contributed by atoms with Crippen molar-refractivity contribution in [3.05, 3.63) is 238 Å². The molecule has 0 amide bonds. The SMILES string of the molecule is COc1cc(-c2ccc(F)cc2)c(Cl)cc1-n1c(=O)ccc2cc(S(=O)(=O)Oc3c(F)c(F)c(F)c(F)c3F)ccc21.COc1cc(Br)c(Cl)cc1-n1c(=O)ccc2cc(S(=O)(=O)Oc3c(F)c(F)c(F)c(F)c3F)ccc21.OB(O)c1ccc(F)cc1.P.P. The number of halogens is 15. The molecule has 8 aromatic carbocycles. The highest BCUT2D eigenvalue weighted by Gasteiger charge is 2.33. The van der Waals surface area contributed by atoms with E-state index in [1.165, 1.54) is 110 Å². The van der Waals surface area contributed by atoms with Gasteiger partial charge in [0, 0.05) is 32.9 Å². The van der Waals surface area contributed by atoms with Crippen molar-refractivity contribution in [1.82, 2.24) is 9.13 Å². The fourth-order valence-corrected chi connectivity index (χ4v) is 10.8. The van der Waals surface area contributed by atoms with Crippen LogP contribution >= 0.6 is 58.9 Å². The van der Waals surface area contributed by atoms with Crippen molar-refractivity contribution in [3.63, 3.8) is 0 Å². The summed E-state index contributed by atoms with van der Waals surface area (Å²) in [6.45, 7) is 0. The zero-order valence-corrected chi connectivity index (χ0v) is 52.6. The van der Waals surface area contributed by atoms with E-state index >= 15 is 0 Å². The Hall–Kier alpha value is -7.66. The second-order valence-electron chi connectivity index (χ2n) is 17.7. The van der Waals surface area contributed by atoms with Crippen LogP contribution in [0, 0.1) is 69.8 Å². The molecule has 90 heavy (non-hydrogen) atoms.